The summed E-state index contributed by atoms with van der Waals surface area (Å²) in [6, 6.07) is 7.68. The average Bonchev–Trinajstić information content (AvgIpc) is 3.17. The lowest BCUT2D eigenvalue weighted by atomic mass is 10.3. The predicted octanol–water partition coefficient (Wildman–Crippen LogP) is 0.594. The summed E-state index contributed by atoms with van der Waals surface area (Å²) < 4.78 is 9.68. The van der Waals surface area contributed by atoms with Crippen molar-refractivity contribution < 1.29 is 4.74 Å². The summed E-state index contributed by atoms with van der Waals surface area (Å²) in [7, 11) is 4.74. The van der Waals surface area contributed by atoms with Crippen molar-refractivity contribution in [2.24, 2.45) is 14.1 Å². The van der Waals surface area contributed by atoms with E-state index in [0.717, 1.165) is 16.0 Å². The van der Waals surface area contributed by atoms with Gasteiger partial charge in [0.2, 0.25) is 5.95 Å². The third-order valence-corrected chi connectivity index (χ3v) is 4.48. The van der Waals surface area contributed by atoms with Gasteiger partial charge in [0.15, 0.2) is 11.2 Å². The molecule has 4 rings (SSSR count). The highest BCUT2D eigenvalue weighted by Gasteiger charge is 2.28. The molecule has 8 heteroatoms. The summed E-state index contributed by atoms with van der Waals surface area (Å²) in [5.41, 5.74) is 1.10. The molecule has 0 amide bonds. The molecule has 0 aliphatic carbocycles. The van der Waals surface area contributed by atoms with Crippen LogP contribution < -0.4 is 20.9 Å². The van der Waals surface area contributed by atoms with Crippen molar-refractivity contribution in [1.29, 1.82) is 0 Å². The molecule has 0 N–H and O–H groups in total. The van der Waals surface area contributed by atoms with Gasteiger partial charge < -0.3 is 14.2 Å². The SMILES string of the molecule is COc1cccc(N2CCn3c2nc2c3c(=O)n(C)c(=O)n2C)c1. The molecular weight excluding hydrogens is 310 g/mol. The Labute approximate surface area is 137 Å². The van der Waals surface area contributed by atoms with Crippen molar-refractivity contribution in [3.63, 3.8) is 0 Å². The van der Waals surface area contributed by atoms with Crippen LogP contribution in [0.2, 0.25) is 0 Å². The monoisotopic (exact) mass is 327 g/mol. The number of anilines is 2. The zero-order valence-electron chi connectivity index (χ0n) is 13.7. The maximum Gasteiger partial charge on any atom is 0.332 e. The Morgan fingerprint density at radius 1 is 1.12 bits per heavy atom. The van der Waals surface area contributed by atoms with E-state index in [4.69, 9.17) is 4.74 Å². The molecule has 0 fully saturated rings. The normalized spacial score (nSPS) is 13.5. The van der Waals surface area contributed by atoms with Gasteiger partial charge in [-0.25, -0.2) is 4.79 Å². The number of fused-ring (bicyclic) bond motifs is 3. The average molecular weight is 327 g/mol. The third-order valence-electron chi connectivity index (χ3n) is 4.48. The van der Waals surface area contributed by atoms with Crippen LogP contribution in [-0.4, -0.2) is 32.3 Å². The van der Waals surface area contributed by atoms with Crippen molar-refractivity contribution in [3.8, 4) is 5.75 Å². The zero-order chi connectivity index (χ0) is 17.0. The molecule has 3 heterocycles. The number of benzene rings is 1. The second-order valence-corrected chi connectivity index (χ2v) is 5.79. The van der Waals surface area contributed by atoms with E-state index in [1.54, 1.807) is 14.2 Å². The lowest BCUT2D eigenvalue weighted by Gasteiger charge is -2.16. The van der Waals surface area contributed by atoms with Gasteiger partial charge in [0.05, 0.1) is 7.11 Å². The summed E-state index contributed by atoms with van der Waals surface area (Å²) in [6.07, 6.45) is 0. The van der Waals surface area contributed by atoms with Crippen LogP contribution in [0.5, 0.6) is 5.75 Å². The van der Waals surface area contributed by atoms with Gasteiger partial charge >= 0.3 is 5.69 Å². The number of imidazole rings is 1. The Balaban J connectivity index is 1.96. The summed E-state index contributed by atoms with van der Waals surface area (Å²) >= 11 is 0. The molecule has 3 aromatic rings. The maximum atomic E-state index is 12.5. The van der Waals surface area contributed by atoms with Gasteiger partial charge in [0.25, 0.3) is 5.56 Å². The molecule has 0 radical (unpaired) electrons. The van der Waals surface area contributed by atoms with Crippen LogP contribution in [0.3, 0.4) is 0 Å². The number of nitrogens with zero attached hydrogens (tertiary/aromatic N) is 5. The first-order valence-corrected chi connectivity index (χ1v) is 7.60. The minimum absolute atomic E-state index is 0.320. The molecule has 0 atom stereocenters. The van der Waals surface area contributed by atoms with E-state index in [2.05, 4.69) is 4.98 Å². The molecule has 0 unspecified atom stereocenters. The minimum atomic E-state index is -0.378. The fraction of sp³-hybridized carbons (Fsp3) is 0.312. The van der Waals surface area contributed by atoms with E-state index >= 15 is 0 Å². The first-order valence-electron chi connectivity index (χ1n) is 7.60. The standard InChI is InChI=1S/C16H17N5O3/c1-18-13-12(14(22)19(2)16(18)23)21-8-7-20(15(21)17-13)10-5-4-6-11(9-10)24-3/h4-6,9H,7-8H2,1-3H3. The predicted molar refractivity (Wildman–Crippen MR) is 90.2 cm³/mol. The zero-order valence-corrected chi connectivity index (χ0v) is 13.7. The molecule has 1 aliphatic rings. The fourth-order valence-corrected chi connectivity index (χ4v) is 3.18. The van der Waals surface area contributed by atoms with Crippen LogP contribution in [0.4, 0.5) is 11.6 Å². The van der Waals surface area contributed by atoms with Crippen LogP contribution in [0.25, 0.3) is 11.2 Å². The van der Waals surface area contributed by atoms with Gasteiger partial charge in [-0.1, -0.05) is 6.07 Å². The number of hydrogen-bond acceptors (Lipinski definition) is 5. The van der Waals surface area contributed by atoms with Crippen LogP contribution >= 0.6 is 0 Å². The summed E-state index contributed by atoms with van der Waals surface area (Å²) in [5, 5.41) is 0. The van der Waals surface area contributed by atoms with Crippen molar-refractivity contribution >= 4 is 22.8 Å². The Kier molecular flexibility index (Phi) is 3.02. The quantitative estimate of drug-likeness (QED) is 0.689. The van der Waals surface area contributed by atoms with E-state index in [-0.39, 0.29) is 11.2 Å². The highest BCUT2D eigenvalue weighted by atomic mass is 16.5. The fourth-order valence-electron chi connectivity index (χ4n) is 3.18. The van der Waals surface area contributed by atoms with Crippen LogP contribution in [0.1, 0.15) is 0 Å². The molecule has 1 aromatic carbocycles. The van der Waals surface area contributed by atoms with E-state index in [0.29, 0.717) is 30.2 Å². The number of aryl methyl sites for hydroxylation is 1. The molecule has 8 nitrogen and oxygen atoms in total. The summed E-state index contributed by atoms with van der Waals surface area (Å²) in [5.74, 6) is 1.42. The third kappa shape index (κ3) is 1.82. The maximum absolute atomic E-state index is 12.5. The molecule has 0 spiro atoms. The molecule has 0 bridgehead atoms. The second-order valence-electron chi connectivity index (χ2n) is 5.79. The van der Waals surface area contributed by atoms with Crippen molar-refractivity contribution in [2.45, 2.75) is 6.54 Å². The molecular formula is C16H17N5O3. The van der Waals surface area contributed by atoms with Gasteiger partial charge in [-0.3, -0.25) is 13.9 Å². The Morgan fingerprint density at radius 2 is 1.92 bits per heavy atom. The number of rotatable bonds is 2. The summed E-state index contributed by atoms with van der Waals surface area (Å²) in [6.45, 7) is 1.34. The first-order chi connectivity index (χ1) is 11.5. The van der Waals surface area contributed by atoms with Crippen LogP contribution in [-0.2, 0) is 20.6 Å². The smallest absolute Gasteiger partial charge is 0.332 e. The number of methoxy groups -OCH3 is 1. The van der Waals surface area contributed by atoms with Crippen LogP contribution in [0.15, 0.2) is 33.9 Å². The van der Waals surface area contributed by atoms with E-state index in [9.17, 15) is 9.59 Å². The second kappa shape index (κ2) is 4.98. The Hall–Kier alpha value is -3.03. The van der Waals surface area contributed by atoms with E-state index in [1.165, 1.54) is 11.6 Å². The first kappa shape index (κ1) is 14.6. The van der Waals surface area contributed by atoms with Gasteiger partial charge in [-0.2, -0.15) is 4.98 Å². The van der Waals surface area contributed by atoms with Crippen molar-refractivity contribution in [1.82, 2.24) is 18.7 Å². The van der Waals surface area contributed by atoms with E-state index in [1.807, 2.05) is 33.7 Å². The molecule has 2 aromatic heterocycles. The van der Waals surface area contributed by atoms with Gasteiger partial charge in [0.1, 0.15) is 5.75 Å². The van der Waals surface area contributed by atoms with Gasteiger partial charge in [0, 0.05) is 38.9 Å². The number of aromatic nitrogens is 4. The lowest BCUT2D eigenvalue weighted by Crippen LogP contribution is -2.37. The number of hydrogen-bond donors (Lipinski definition) is 0. The Bertz CT molecular complexity index is 1080. The van der Waals surface area contributed by atoms with Gasteiger partial charge in [-0.15, -0.1) is 0 Å². The molecule has 1 aliphatic heterocycles. The largest absolute Gasteiger partial charge is 0.497 e. The molecule has 24 heavy (non-hydrogen) atoms. The molecule has 0 saturated carbocycles. The van der Waals surface area contributed by atoms with Crippen LogP contribution in [0, 0.1) is 0 Å². The van der Waals surface area contributed by atoms with Crippen molar-refractivity contribution in [2.75, 3.05) is 18.6 Å². The lowest BCUT2D eigenvalue weighted by molar-refractivity contribution is 0.415. The number of ether oxygens (including phenoxy) is 1. The summed E-state index contributed by atoms with van der Waals surface area (Å²) in [4.78, 5) is 31.2. The highest BCUT2D eigenvalue weighted by Crippen LogP contribution is 2.33. The molecule has 0 saturated heterocycles. The topological polar surface area (TPSA) is 74.3 Å². The van der Waals surface area contributed by atoms with E-state index < -0.39 is 0 Å². The van der Waals surface area contributed by atoms with Crippen molar-refractivity contribution in [3.05, 3.63) is 45.1 Å². The minimum Gasteiger partial charge on any atom is -0.497 e. The molecule has 124 valence electrons. The highest BCUT2D eigenvalue weighted by molar-refractivity contribution is 5.77. The van der Waals surface area contributed by atoms with Gasteiger partial charge in [-0.05, 0) is 12.1 Å². The Morgan fingerprint density at radius 3 is 2.67 bits per heavy atom.